The number of benzene rings is 1. The van der Waals surface area contributed by atoms with E-state index in [1.54, 1.807) is 0 Å². The third kappa shape index (κ3) is 4.79. The van der Waals surface area contributed by atoms with E-state index in [1.807, 2.05) is 0 Å². The van der Waals surface area contributed by atoms with Crippen LogP contribution >= 0.6 is 0 Å². The number of rotatable bonds is 7. The first-order valence-electron chi connectivity index (χ1n) is 5.99. The van der Waals surface area contributed by atoms with Gasteiger partial charge < -0.3 is 10.4 Å². The number of halogens is 2. The number of amides is 1. The Hall–Kier alpha value is -1.49. The van der Waals surface area contributed by atoms with Crippen molar-refractivity contribution >= 4 is 5.91 Å². The van der Waals surface area contributed by atoms with E-state index in [0.29, 0.717) is 6.54 Å². The lowest BCUT2D eigenvalue weighted by molar-refractivity contribution is 0.0948. The van der Waals surface area contributed by atoms with E-state index < -0.39 is 17.5 Å². The average Bonchev–Trinajstić information content (AvgIpc) is 2.36. The molecule has 1 aromatic carbocycles. The van der Waals surface area contributed by atoms with E-state index in [4.69, 9.17) is 5.11 Å². The van der Waals surface area contributed by atoms with Crippen molar-refractivity contribution in [1.82, 2.24) is 5.32 Å². The van der Waals surface area contributed by atoms with Crippen LogP contribution in [0.5, 0.6) is 0 Å². The van der Waals surface area contributed by atoms with Gasteiger partial charge in [0.1, 0.15) is 11.6 Å². The van der Waals surface area contributed by atoms with Crippen molar-refractivity contribution in [2.24, 2.45) is 0 Å². The zero-order chi connectivity index (χ0) is 13.4. The van der Waals surface area contributed by atoms with Crippen LogP contribution in [0.4, 0.5) is 8.78 Å². The van der Waals surface area contributed by atoms with Gasteiger partial charge in [0.25, 0.3) is 5.91 Å². The molecule has 0 bridgehead atoms. The predicted octanol–water partition coefficient (Wildman–Crippen LogP) is 2.25. The third-order valence-corrected chi connectivity index (χ3v) is 2.54. The largest absolute Gasteiger partial charge is 0.396 e. The second kappa shape index (κ2) is 7.76. The second-order valence-corrected chi connectivity index (χ2v) is 4.02. The Bertz CT molecular complexity index is 397. The van der Waals surface area contributed by atoms with E-state index in [1.165, 1.54) is 0 Å². The van der Waals surface area contributed by atoms with Crippen LogP contribution in [0.25, 0.3) is 0 Å². The van der Waals surface area contributed by atoms with Crippen molar-refractivity contribution in [3.8, 4) is 0 Å². The lowest BCUT2D eigenvalue weighted by atomic mass is 10.1. The molecule has 0 aliphatic rings. The SMILES string of the molecule is O=C(NCCCCCCO)c1cc(F)ccc1F. The smallest absolute Gasteiger partial charge is 0.254 e. The highest BCUT2D eigenvalue weighted by Crippen LogP contribution is 2.09. The van der Waals surface area contributed by atoms with Gasteiger partial charge in [0.05, 0.1) is 5.56 Å². The molecule has 18 heavy (non-hydrogen) atoms. The molecule has 0 fully saturated rings. The van der Waals surface area contributed by atoms with E-state index in [9.17, 15) is 13.6 Å². The van der Waals surface area contributed by atoms with Crippen molar-refractivity contribution in [2.45, 2.75) is 25.7 Å². The van der Waals surface area contributed by atoms with E-state index >= 15 is 0 Å². The summed E-state index contributed by atoms with van der Waals surface area (Å²) >= 11 is 0. The molecule has 100 valence electrons. The van der Waals surface area contributed by atoms with Crippen LogP contribution in [-0.4, -0.2) is 24.2 Å². The molecular weight excluding hydrogens is 240 g/mol. The molecular formula is C13H17F2NO2. The van der Waals surface area contributed by atoms with E-state index in [2.05, 4.69) is 5.32 Å². The summed E-state index contributed by atoms with van der Waals surface area (Å²) in [6, 6.07) is 2.79. The molecule has 2 N–H and O–H groups in total. The Morgan fingerprint density at radius 2 is 1.89 bits per heavy atom. The highest BCUT2D eigenvalue weighted by molar-refractivity contribution is 5.94. The number of carbonyl (C=O) groups excluding carboxylic acids is 1. The van der Waals surface area contributed by atoms with E-state index in [-0.39, 0.29) is 12.2 Å². The maximum absolute atomic E-state index is 13.2. The van der Waals surface area contributed by atoms with Gasteiger partial charge in [-0.15, -0.1) is 0 Å². The summed E-state index contributed by atoms with van der Waals surface area (Å²) in [5.41, 5.74) is -0.273. The molecule has 0 spiro atoms. The molecule has 0 aliphatic carbocycles. The molecule has 3 nitrogen and oxygen atoms in total. The van der Waals surface area contributed by atoms with Crippen LogP contribution in [0, 0.1) is 11.6 Å². The molecule has 0 aromatic heterocycles. The van der Waals surface area contributed by atoms with Crippen LogP contribution < -0.4 is 5.32 Å². The fourth-order valence-electron chi connectivity index (χ4n) is 1.56. The highest BCUT2D eigenvalue weighted by atomic mass is 19.1. The summed E-state index contributed by atoms with van der Waals surface area (Å²) in [5.74, 6) is -1.96. The maximum Gasteiger partial charge on any atom is 0.254 e. The average molecular weight is 257 g/mol. The molecule has 0 saturated carbocycles. The maximum atomic E-state index is 13.2. The Morgan fingerprint density at radius 1 is 1.17 bits per heavy atom. The molecule has 0 radical (unpaired) electrons. The zero-order valence-corrected chi connectivity index (χ0v) is 10.1. The second-order valence-electron chi connectivity index (χ2n) is 4.02. The molecule has 0 atom stereocenters. The molecule has 1 rings (SSSR count). The van der Waals surface area contributed by atoms with Gasteiger partial charge in [-0.2, -0.15) is 0 Å². The molecule has 5 heteroatoms. The minimum absolute atomic E-state index is 0.168. The summed E-state index contributed by atoms with van der Waals surface area (Å²) in [6.45, 7) is 0.584. The van der Waals surface area contributed by atoms with Crippen molar-refractivity contribution in [2.75, 3.05) is 13.2 Å². The molecule has 0 saturated heterocycles. The van der Waals surface area contributed by atoms with Gasteiger partial charge in [-0.05, 0) is 31.0 Å². The molecule has 1 aromatic rings. The summed E-state index contributed by atoms with van der Waals surface area (Å²) in [6.07, 6.45) is 3.27. The van der Waals surface area contributed by atoms with Gasteiger partial charge in [0.15, 0.2) is 0 Å². The van der Waals surface area contributed by atoms with Gasteiger partial charge in [-0.1, -0.05) is 12.8 Å². The fraction of sp³-hybridized carbons (Fsp3) is 0.462. The number of hydrogen-bond donors (Lipinski definition) is 2. The van der Waals surface area contributed by atoms with Gasteiger partial charge in [-0.25, -0.2) is 8.78 Å². The predicted molar refractivity (Wildman–Crippen MR) is 64.2 cm³/mol. The minimum Gasteiger partial charge on any atom is -0.396 e. The van der Waals surface area contributed by atoms with Crippen molar-refractivity contribution < 1.29 is 18.7 Å². The first-order chi connectivity index (χ1) is 8.65. The lowest BCUT2D eigenvalue weighted by Gasteiger charge is -2.06. The first-order valence-corrected chi connectivity index (χ1v) is 5.99. The van der Waals surface area contributed by atoms with E-state index in [0.717, 1.165) is 43.9 Å². The summed E-state index contributed by atoms with van der Waals surface area (Å²) in [5, 5.41) is 11.1. The summed E-state index contributed by atoms with van der Waals surface area (Å²) in [4.78, 5) is 11.5. The summed E-state index contributed by atoms with van der Waals surface area (Å²) < 4.78 is 26.1. The van der Waals surface area contributed by atoms with Gasteiger partial charge in [-0.3, -0.25) is 4.79 Å². The van der Waals surface area contributed by atoms with Gasteiger partial charge >= 0.3 is 0 Å². The molecule has 1 amide bonds. The monoisotopic (exact) mass is 257 g/mol. The Balaban J connectivity index is 2.34. The number of hydrogen-bond acceptors (Lipinski definition) is 2. The zero-order valence-electron chi connectivity index (χ0n) is 10.1. The standard InChI is InChI=1S/C13H17F2NO2/c14-10-5-6-12(15)11(9-10)13(18)16-7-3-1-2-4-8-17/h5-6,9,17H,1-4,7-8H2,(H,16,18). The van der Waals surface area contributed by atoms with Crippen molar-refractivity contribution in [3.63, 3.8) is 0 Å². The third-order valence-electron chi connectivity index (χ3n) is 2.54. The lowest BCUT2D eigenvalue weighted by Crippen LogP contribution is -2.25. The topological polar surface area (TPSA) is 49.3 Å². The molecule has 0 heterocycles. The number of aliphatic hydroxyl groups excluding tert-OH is 1. The van der Waals surface area contributed by atoms with Crippen LogP contribution in [0.1, 0.15) is 36.0 Å². The number of carbonyl (C=O) groups is 1. The highest BCUT2D eigenvalue weighted by Gasteiger charge is 2.11. The normalized spacial score (nSPS) is 10.4. The fourth-order valence-corrected chi connectivity index (χ4v) is 1.56. The molecule has 0 aliphatic heterocycles. The Morgan fingerprint density at radius 3 is 2.61 bits per heavy atom. The van der Waals surface area contributed by atoms with Crippen LogP contribution in [0.15, 0.2) is 18.2 Å². The van der Waals surface area contributed by atoms with Crippen molar-refractivity contribution in [3.05, 3.63) is 35.4 Å². The number of aliphatic hydroxyl groups is 1. The van der Waals surface area contributed by atoms with Gasteiger partial charge in [0, 0.05) is 13.2 Å². The molecule has 0 unspecified atom stereocenters. The van der Waals surface area contributed by atoms with Gasteiger partial charge in [0.2, 0.25) is 0 Å². The Labute approximate surface area is 105 Å². The number of unbranched alkanes of at least 4 members (excludes halogenated alkanes) is 3. The minimum atomic E-state index is -0.728. The van der Waals surface area contributed by atoms with Crippen LogP contribution in [-0.2, 0) is 0 Å². The quantitative estimate of drug-likeness (QED) is 0.736. The summed E-state index contributed by atoms with van der Waals surface area (Å²) in [7, 11) is 0. The van der Waals surface area contributed by atoms with Crippen molar-refractivity contribution in [1.29, 1.82) is 0 Å². The first kappa shape index (κ1) is 14.6. The Kier molecular flexibility index (Phi) is 6.28. The van der Waals surface area contributed by atoms with Crippen LogP contribution in [0.2, 0.25) is 0 Å². The van der Waals surface area contributed by atoms with Crippen LogP contribution in [0.3, 0.4) is 0 Å². The number of nitrogens with one attached hydrogen (secondary N) is 1.